The van der Waals surface area contributed by atoms with Gasteiger partial charge < -0.3 is 20.5 Å². The summed E-state index contributed by atoms with van der Waals surface area (Å²) in [6, 6.07) is 0. The van der Waals surface area contributed by atoms with E-state index in [2.05, 4.69) is 24.2 Å². The van der Waals surface area contributed by atoms with E-state index < -0.39 is 0 Å². The molecule has 5 heteroatoms. The van der Waals surface area contributed by atoms with E-state index in [-0.39, 0.29) is 11.7 Å². The van der Waals surface area contributed by atoms with Crippen molar-refractivity contribution in [1.82, 2.24) is 5.32 Å². The lowest BCUT2D eigenvalue weighted by Gasteiger charge is -2.18. The van der Waals surface area contributed by atoms with Gasteiger partial charge in [-0.15, -0.1) is 0 Å². The highest BCUT2D eigenvalue weighted by Gasteiger charge is 2.31. The number of rotatable bonds is 5. The van der Waals surface area contributed by atoms with Gasteiger partial charge in [-0.3, -0.25) is 4.99 Å². The molecule has 0 aromatic heterocycles. The molecule has 5 nitrogen and oxygen atoms in total. The molecule has 0 bridgehead atoms. The summed E-state index contributed by atoms with van der Waals surface area (Å²) in [5, 5.41) is 2.98. The summed E-state index contributed by atoms with van der Waals surface area (Å²) in [6.07, 6.45) is 2.35. The predicted molar refractivity (Wildman–Crippen MR) is 64.6 cm³/mol. The lowest BCUT2D eigenvalue weighted by molar-refractivity contribution is -0.0106. The lowest BCUT2D eigenvalue weighted by atomic mass is 10.1. The quantitative estimate of drug-likeness (QED) is 0.409. The van der Waals surface area contributed by atoms with Crippen LogP contribution in [0.1, 0.15) is 26.7 Å². The highest BCUT2D eigenvalue weighted by Crippen LogP contribution is 2.29. The molecule has 16 heavy (non-hydrogen) atoms. The van der Waals surface area contributed by atoms with E-state index in [9.17, 15) is 0 Å². The van der Waals surface area contributed by atoms with E-state index in [1.54, 1.807) is 7.11 Å². The summed E-state index contributed by atoms with van der Waals surface area (Å²) in [6.45, 7) is 6.16. The first-order valence-corrected chi connectivity index (χ1v) is 5.74. The van der Waals surface area contributed by atoms with Crippen LogP contribution in [0.2, 0.25) is 0 Å². The Morgan fingerprint density at radius 3 is 2.94 bits per heavy atom. The van der Waals surface area contributed by atoms with Crippen LogP contribution in [0.3, 0.4) is 0 Å². The number of aliphatic imine (C=N–C) groups is 1. The molecule has 1 aliphatic heterocycles. The summed E-state index contributed by atoms with van der Waals surface area (Å²) in [5.74, 6) is 0.463. The second-order valence-electron chi connectivity index (χ2n) is 4.68. The molecule has 1 aliphatic rings. The van der Waals surface area contributed by atoms with Crippen molar-refractivity contribution in [3.63, 3.8) is 0 Å². The maximum Gasteiger partial charge on any atom is 0.188 e. The molecule has 1 heterocycles. The molecule has 0 amide bonds. The van der Waals surface area contributed by atoms with Crippen molar-refractivity contribution in [3.05, 3.63) is 0 Å². The van der Waals surface area contributed by atoms with E-state index >= 15 is 0 Å². The molecule has 0 radical (unpaired) electrons. The molecule has 1 atom stereocenters. The molecular formula is C11H23N3O2. The molecule has 0 aliphatic carbocycles. The Kier molecular flexibility index (Phi) is 5.02. The van der Waals surface area contributed by atoms with Gasteiger partial charge in [-0.05, 0) is 26.7 Å². The molecule has 1 fully saturated rings. The first kappa shape index (κ1) is 13.3. The zero-order chi connectivity index (χ0) is 12.0. The highest BCUT2D eigenvalue weighted by molar-refractivity contribution is 5.77. The van der Waals surface area contributed by atoms with Crippen molar-refractivity contribution in [3.8, 4) is 0 Å². The summed E-state index contributed by atoms with van der Waals surface area (Å²) in [7, 11) is 1.66. The zero-order valence-electron chi connectivity index (χ0n) is 10.5. The van der Waals surface area contributed by atoms with Crippen molar-refractivity contribution < 1.29 is 9.47 Å². The van der Waals surface area contributed by atoms with E-state index in [4.69, 9.17) is 15.2 Å². The second kappa shape index (κ2) is 6.06. The Morgan fingerprint density at radius 2 is 2.38 bits per heavy atom. The molecule has 0 aromatic carbocycles. The number of guanidine groups is 1. The third-order valence-corrected chi connectivity index (χ3v) is 2.63. The van der Waals surface area contributed by atoms with Crippen LogP contribution >= 0.6 is 0 Å². The van der Waals surface area contributed by atoms with Gasteiger partial charge in [-0.2, -0.15) is 0 Å². The standard InChI is InChI=1S/C11H23N3O2/c1-11(2)5-4-9(16-11)8-14-10(12)13-6-7-15-3/h9H,4-8H2,1-3H3,(H3,12,13,14). The average Bonchev–Trinajstić information content (AvgIpc) is 2.56. The number of hydrogen-bond acceptors (Lipinski definition) is 3. The third-order valence-electron chi connectivity index (χ3n) is 2.63. The van der Waals surface area contributed by atoms with Gasteiger partial charge in [0.1, 0.15) is 0 Å². The van der Waals surface area contributed by atoms with E-state index in [0.29, 0.717) is 25.7 Å². The number of methoxy groups -OCH3 is 1. The van der Waals surface area contributed by atoms with Crippen molar-refractivity contribution in [1.29, 1.82) is 0 Å². The molecule has 94 valence electrons. The van der Waals surface area contributed by atoms with Gasteiger partial charge in [-0.1, -0.05) is 0 Å². The number of nitrogens with two attached hydrogens (primary N) is 1. The first-order valence-electron chi connectivity index (χ1n) is 5.74. The fraction of sp³-hybridized carbons (Fsp3) is 0.909. The maximum atomic E-state index is 5.81. The van der Waals surface area contributed by atoms with Crippen molar-refractivity contribution in [2.45, 2.75) is 38.4 Å². The van der Waals surface area contributed by atoms with E-state index in [0.717, 1.165) is 12.8 Å². The SMILES string of the molecule is COCCNC(N)=NCC1CCC(C)(C)O1. The van der Waals surface area contributed by atoms with Gasteiger partial charge >= 0.3 is 0 Å². The van der Waals surface area contributed by atoms with Gasteiger partial charge in [0, 0.05) is 13.7 Å². The topological polar surface area (TPSA) is 68.9 Å². The molecule has 1 rings (SSSR count). The van der Waals surface area contributed by atoms with Crippen LogP contribution in [0.15, 0.2) is 4.99 Å². The summed E-state index contributed by atoms with van der Waals surface area (Å²) in [4.78, 5) is 4.25. The monoisotopic (exact) mass is 229 g/mol. The van der Waals surface area contributed by atoms with Crippen LogP contribution in [0.4, 0.5) is 0 Å². The summed E-state index contributed by atoms with van der Waals surface area (Å²) < 4.78 is 10.7. The van der Waals surface area contributed by atoms with Crippen LogP contribution in [0, 0.1) is 0 Å². The van der Waals surface area contributed by atoms with Gasteiger partial charge in [0.05, 0.1) is 24.9 Å². The van der Waals surface area contributed by atoms with Gasteiger partial charge in [0.2, 0.25) is 0 Å². The first-order chi connectivity index (χ1) is 7.53. The van der Waals surface area contributed by atoms with Crippen LogP contribution in [0.25, 0.3) is 0 Å². The minimum absolute atomic E-state index is 0.00156. The Bertz CT molecular complexity index is 241. The van der Waals surface area contributed by atoms with Gasteiger partial charge in [0.15, 0.2) is 5.96 Å². The minimum Gasteiger partial charge on any atom is -0.383 e. The largest absolute Gasteiger partial charge is 0.383 e. The maximum absolute atomic E-state index is 5.81. The number of nitrogens with one attached hydrogen (secondary N) is 1. The highest BCUT2D eigenvalue weighted by atomic mass is 16.5. The van der Waals surface area contributed by atoms with Crippen molar-refractivity contribution in [2.24, 2.45) is 10.7 Å². The lowest BCUT2D eigenvalue weighted by Crippen LogP contribution is -2.35. The molecular weight excluding hydrogens is 206 g/mol. The molecule has 0 saturated carbocycles. The third kappa shape index (κ3) is 4.81. The Labute approximate surface area is 97.4 Å². The summed E-state index contributed by atoms with van der Waals surface area (Å²) >= 11 is 0. The van der Waals surface area contributed by atoms with Crippen molar-refractivity contribution >= 4 is 5.96 Å². The summed E-state index contributed by atoms with van der Waals surface area (Å²) in [5.41, 5.74) is 5.69. The smallest absolute Gasteiger partial charge is 0.188 e. The van der Waals surface area contributed by atoms with Gasteiger partial charge in [0.25, 0.3) is 0 Å². The number of hydrogen-bond donors (Lipinski definition) is 2. The fourth-order valence-corrected chi connectivity index (χ4v) is 1.74. The molecule has 1 unspecified atom stereocenters. The number of nitrogens with zero attached hydrogens (tertiary/aromatic N) is 1. The van der Waals surface area contributed by atoms with E-state index in [1.807, 2.05) is 0 Å². The molecule has 3 N–H and O–H groups in total. The average molecular weight is 229 g/mol. The van der Waals surface area contributed by atoms with Crippen LogP contribution < -0.4 is 11.1 Å². The van der Waals surface area contributed by atoms with Crippen LogP contribution in [-0.2, 0) is 9.47 Å². The molecule has 0 aromatic rings. The fourth-order valence-electron chi connectivity index (χ4n) is 1.74. The van der Waals surface area contributed by atoms with E-state index in [1.165, 1.54) is 0 Å². The zero-order valence-corrected chi connectivity index (χ0v) is 10.5. The molecule has 0 spiro atoms. The number of ether oxygens (including phenoxy) is 2. The minimum atomic E-state index is -0.00156. The van der Waals surface area contributed by atoms with Crippen LogP contribution in [-0.4, -0.2) is 44.5 Å². The van der Waals surface area contributed by atoms with Gasteiger partial charge in [-0.25, -0.2) is 0 Å². The normalized spacial score (nSPS) is 24.7. The molecule has 1 saturated heterocycles. The Balaban J connectivity index is 2.20. The second-order valence-corrected chi connectivity index (χ2v) is 4.68. The Morgan fingerprint density at radius 1 is 1.62 bits per heavy atom. The van der Waals surface area contributed by atoms with Crippen molar-refractivity contribution in [2.75, 3.05) is 26.8 Å². The predicted octanol–water partition coefficient (Wildman–Crippen LogP) is 0.495. The Hall–Kier alpha value is -0.810. The van der Waals surface area contributed by atoms with Crippen LogP contribution in [0.5, 0.6) is 0 Å².